The fourth-order valence-corrected chi connectivity index (χ4v) is 5.76. The summed E-state index contributed by atoms with van der Waals surface area (Å²) in [5, 5.41) is 13.6. The lowest BCUT2D eigenvalue weighted by molar-refractivity contribution is -0.130. The van der Waals surface area contributed by atoms with Crippen molar-refractivity contribution in [3.63, 3.8) is 0 Å². The molecule has 2 fully saturated rings. The number of aromatic nitrogens is 3. The van der Waals surface area contributed by atoms with Gasteiger partial charge in [-0.05, 0) is 74.9 Å². The molecule has 1 saturated carbocycles. The van der Waals surface area contributed by atoms with E-state index in [2.05, 4.69) is 44.7 Å². The molecule has 0 radical (unpaired) electrons. The average molecular weight is 599 g/mol. The number of benzene rings is 1. The van der Waals surface area contributed by atoms with Crippen LogP contribution in [0.1, 0.15) is 76.2 Å². The molecule has 2 aromatic heterocycles. The Hall–Kier alpha value is -4.51. The number of nitrogens with one attached hydrogen (secondary N) is 3. The zero-order valence-electron chi connectivity index (χ0n) is 26.0. The Labute approximate surface area is 258 Å². The van der Waals surface area contributed by atoms with Crippen LogP contribution in [-0.4, -0.2) is 81.1 Å². The van der Waals surface area contributed by atoms with Crippen LogP contribution in [0.15, 0.2) is 55.4 Å². The standard InChI is InChI=1S/C33H42N8O3/c1-6-31(42)41-15-14-40(19-22(41)4)20-29(27-11-10-24(18-35-27)23-8-9-23)36-28-16-21(3)25(17-26(28)32(43)34-7-2)33(44)37-30-12-13-39(5)38-30/h6,10-13,16-18,22-23,29,36H,1,7-9,14-15,19-20H2,2-5H3,(H,34,43)(H,37,38,44)/t22-,29-/m1/s1. The largest absolute Gasteiger partial charge is 0.375 e. The fraction of sp³-hybridized carbons (Fsp3) is 0.424. The van der Waals surface area contributed by atoms with Crippen LogP contribution in [0.4, 0.5) is 11.5 Å². The van der Waals surface area contributed by atoms with Crippen LogP contribution < -0.4 is 16.0 Å². The van der Waals surface area contributed by atoms with Crippen molar-refractivity contribution in [3.8, 4) is 0 Å². The highest BCUT2D eigenvalue weighted by molar-refractivity contribution is 6.08. The van der Waals surface area contributed by atoms with Gasteiger partial charge in [-0.3, -0.25) is 28.9 Å². The Kier molecular flexibility index (Phi) is 9.43. The SMILES string of the molecule is C=CC(=O)N1CCN(C[C@@H](Nc2cc(C)c(C(=O)Nc3ccn(C)n3)cc2C(=O)NCC)c2ccc(C3CC3)cn2)C[C@H]1C. The van der Waals surface area contributed by atoms with Crippen molar-refractivity contribution in [2.24, 2.45) is 7.05 Å². The van der Waals surface area contributed by atoms with E-state index in [0.29, 0.717) is 61.3 Å². The number of carbonyl (C=O) groups is 3. The maximum absolute atomic E-state index is 13.3. The lowest BCUT2D eigenvalue weighted by Gasteiger charge is -2.40. The summed E-state index contributed by atoms with van der Waals surface area (Å²) in [6.07, 6.45) is 7.48. The van der Waals surface area contributed by atoms with Crippen LogP contribution in [0.5, 0.6) is 0 Å². The van der Waals surface area contributed by atoms with Crippen LogP contribution in [0.2, 0.25) is 0 Å². The van der Waals surface area contributed by atoms with Crippen molar-refractivity contribution in [1.82, 2.24) is 29.9 Å². The second-order valence-corrected chi connectivity index (χ2v) is 11.7. The monoisotopic (exact) mass is 598 g/mol. The molecule has 3 heterocycles. The van der Waals surface area contributed by atoms with Gasteiger partial charge in [-0.25, -0.2) is 0 Å². The molecule has 0 unspecified atom stereocenters. The van der Waals surface area contributed by atoms with Gasteiger partial charge in [0.1, 0.15) is 0 Å². The van der Waals surface area contributed by atoms with E-state index < -0.39 is 0 Å². The number of pyridine rings is 1. The van der Waals surface area contributed by atoms with Gasteiger partial charge < -0.3 is 20.9 Å². The molecule has 3 N–H and O–H groups in total. The van der Waals surface area contributed by atoms with E-state index in [1.807, 2.05) is 37.9 Å². The molecule has 232 valence electrons. The highest BCUT2D eigenvalue weighted by Gasteiger charge is 2.30. The van der Waals surface area contributed by atoms with Gasteiger partial charge in [-0.15, -0.1) is 0 Å². The summed E-state index contributed by atoms with van der Waals surface area (Å²) in [5.74, 6) is 0.356. The molecule has 1 aromatic carbocycles. The normalized spacial score (nSPS) is 17.5. The van der Waals surface area contributed by atoms with E-state index in [1.165, 1.54) is 24.5 Å². The van der Waals surface area contributed by atoms with Crippen LogP contribution in [0, 0.1) is 6.92 Å². The lowest BCUT2D eigenvalue weighted by Crippen LogP contribution is -2.54. The maximum Gasteiger partial charge on any atom is 0.257 e. The summed E-state index contributed by atoms with van der Waals surface area (Å²) in [7, 11) is 1.78. The van der Waals surface area contributed by atoms with Crippen LogP contribution in [-0.2, 0) is 11.8 Å². The molecule has 0 spiro atoms. The van der Waals surface area contributed by atoms with Crippen molar-refractivity contribution in [3.05, 3.63) is 83.3 Å². The number of rotatable bonds is 11. The molecule has 1 aliphatic carbocycles. The third-order valence-electron chi connectivity index (χ3n) is 8.30. The average Bonchev–Trinajstić information content (AvgIpc) is 3.78. The van der Waals surface area contributed by atoms with Crippen LogP contribution >= 0.6 is 0 Å². The van der Waals surface area contributed by atoms with Crippen molar-refractivity contribution in [1.29, 1.82) is 0 Å². The topological polar surface area (TPSA) is 124 Å². The third-order valence-corrected chi connectivity index (χ3v) is 8.30. The molecule has 2 atom stereocenters. The van der Waals surface area contributed by atoms with Gasteiger partial charge in [-0.1, -0.05) is 12.6 Å². The summed E-state index contributed by atoms with van der Waals surface area (Å²) in [6.45, 7) is 12.5. The molecule has 1 aliphatic heterocycles. The number of anilines is 2. The predicted octanol–water partition coefficient (Wildman–Crippen LogP) is 3.87. The third kappa shape index (κ3) is 7.16. The van der Waals surface area contributed by atoms with Gasteiger partial charge in [0, 0.05) is 75.5 Å². The minimum Gasteiger partial charge on any atom is -0.375 e. The molecular formula is C33H42N8O3. The highest BCUT2D eigenvalue weighted by Crippen LogP contribution is 2.40. The first-order valence-corrected chi connectivity index (χ1v) is 15.3. The Morgan fingerprint density at radius 2 is 1.91 bits per heavy atom. The molecule has 11 heteroatoms. The van der Waals surface area contributed by atoms with E-state index >= 15 is 0 Å². The quantitative estimate of drug-likeness (QED) is 0.286. The number of hydrogen-bond donors (Lipinski definition) is 3. The van der Waals surface area contributed by atoms with Crippen molar-refractivity contribution < 1.29 is 14.4 Å². The number of hydrogen-bond acceptors (Lipinski definition) is 7. The first kappa shape index (κ1) is 30.9. The summed E-state index contributed by atoms with van der Waals surface area (Å²) in [6, 6.07) is 9.21. The van der Waals surface area contributed by atoms with Crippen molar-refractivity contribution >= 4 is 29.2 Å². The summed E-state index contributed by atoms with van der Waals surface area (Å²) in [4.78, 5) is 48.0. The van der Waals surface area contributed by atoms with Gasteiger partial charge >= 0.3 is 0 Å². The summed E-state index contributed by atoms with van der Waals surface area (Å²) in [5.41, 5.74) is 4.22. The van der Waals surface area contributed by atoms with Gasteiger partial charge in [-0.2, -0.15) is 5.10 Å². The Bertz CT molecular complexity index is 1530. The predicted molar refractivity (Wildman–Crippen MR) is 171 cm³/mol. The second kappa shape index (κ2) is 13.4. The van der Waals surface area contributed by atoms with Crippen molar-refractivity contribution in [2.45, 2.75) is 51.6 Å². The van der Waals surface area contributed by atoms with Crippen LogP contribution in [0.25, 0.3) is 0 Å². The van der Waals surface area contributed by atoms with E-state index in [1.54, 1.807) is 30.1 Å². The zero-order chi connectivity index (χ0) is 31.4. The van der Waals surface area contributed by atoms with Crippen molar-refractivity contribution in [2.75, 3.05) is 43.4 Å². The summed E-state index contributed by atoms with van der Waals surface area (Å²) >= 11 is 0. The number of aryl methyl sites for hydroxylation is 2. The first-order valence-electron chi connectivity index (χ1n) is 15.3. The van der Waals surface area contributed by atoms with Gasteiger partial charge in [0.2, 0.25) is 5.91 Å². The molecule has 3 amide bonds. The molecule has 5 rings (SSSR count). The van der Waals surface area contributed by atoms with E-state index in [9.17, 15) is 14.4 Å². The van der Waals surface area contributed by atoms with E-state index in [4.69, 9.17) is 4.98 Å². The molecule has 2 aliphatic rings. The van der Waals surface area contributed by atoms with Gasteiger partial charge in [0.15, 0.2) is 5.82 Å². The number of nitrogens with zero attached hydrogens (tertiary/aromatic N) is 5. The number of amides is 3. The Balaban J connectivity index is 1.44. The van der Waals surface area contributed by atoms with Crippen LogP contribution in [0.3, 0.4) is 0 Å². The highest BCUT2D eigenvalue weighted by atomic mass is 16.2. The molecule has 44 heavy (non-hydrogen) atoms. The molecule has 1 saturated heterocycles. The van der Waals surface area contributed by atoms with Gasteiger partial charge in [0.05, 0.1) is 17.3 Å². The molecule has 3 aromatic rings. The zero-order valence-corrected chi connectivity index (χ0v) is 26.0. The fourth-order valence-electron chi connectivity index (χ4n) is 5.76. The summed E-state index contributed by atoms with van der Waals surface area (Å²) < 4.78 is 1.61. The maximum atomic E-state index is 13.3. The van der Waals surface area contributed by atoms with E-state index in [-0.39, 0.29) is 29.8 Å². The second-order valence-electron chi connectivity index (χ2n) is 11.7. The minimum absolute atomic E-state index is 0.0325. The molecule has 11 nitrogen and oxygen atoms in total. The first-order chi connectivity index (χ1) is 21.2. The number of carbonyl (C=O) groups excluding carboxylic acids is 3. The minimum atomic E-state index is -0.340. The number of piperazine rings is 1. The Morgan fingerprint density at radius 1 is 1.11 bits per heavy atom. The Morgan fingerprint density at radius 3 is 2.52 bits per heavy atom. The van der Waals surface area contributed by atoms with E-state index in [0.717, 1.165) is 11.3 Å². The lowest BCUT2D eigenvalue weighted by atomic mass is 10.00. The molecular weight excluding hydrogens is 556 g/mol. The van der Waals surface area contributed by atoms with Gasteiger partial charge in [0.25, 0.3) is 11.8 Å². The smallest absolute Gasteiger partial charge is 0.257 e. The molecule has 0 bridgehead atoms.